The summed E-state index contributed by atoms with van der Waals surface area (Å²) in [5, 5.41) is 0. The molecule has 0 radical (unpaired) electrons. The first-order chi connectivity index (χ1) is 20.8. The molecule has 0 N–H and O–H groups in total. The van der Waals surface area contributed by atoms with E-state index in [1.807, 2.05) is 0 Å². The maximum absolute atomic E-state index is 13.5. The third-order valence-electron chi connectivity index (χ3n) is 9.30. The van der Waals surface area contributed by atoms with Crippen molar-refractivity contribution in [2.45, 2.75) is 37.5 Å². The number of carbonyl (C=O) groups excluding carboxylic acids is 2. The fourth-order valence-electron chi connectivity index (χ4n) is 7.32. The van der Waals surface area contributed by atoms with Crippen LogP contribution in [0.1, 0.15) is 40.4 Å². The summed E-state index contributed by atoms with van der Waals surface area (Å²) in [6.07, 6.45) is 0.819. The first kappa shape index (κ1) is 30.7. The monoisotopic (exact) mass is 599 g/mol. The minimum Gasteiger partial charge on any atom is -0.493 e. The van der Waals surface area contributed by atoms with Gasteiger partial charge >= 0.3 is 11.9 Å². The number of methoxy groups -OCH3 is 7. The van der Waals surface area contributed by atoms with Gasteiger partial charge in [-0.15, -0.1) is 0 Å². The number of hydrogen-bond donors (Lipinski definition) is 0. The first-order valence-electron chi connectivity index (χ1n) is 14.4. The molecule has 0 bridgehead atoms. The van der Waals surface area contributed by atoms with Gasteiger partial charge in [-0.05, 0) is 66.5 Å². The van der Waals surface area contributed by atoms with E-state index in [4.69, 9.17) is 37.9 Å². The minimum atomic E-state index is -0.681. The second-order valence-electron chi connectivity index (χ2n) is 11.2. The molecule has 0 aromatic heterocycles. The normalized spacial score (nSPS) is 26.2. The molecule has 11 nitrogen and oxygen atoms in total. The second kappa shape index (κ2) is 12.9. The molecule has 1 saturated heterocycles. The molecular formula is C32H41NO10. The van der Waals surface area contributed by atoms with Crippen molar-refractivity contribution in [3.8, 4) is 28.7 Å². The highest BCUT2D eigenvalue weighted by atomic mass is 16.6. The van der Waals surface area contributed by atoms with Crippen molar-refractivity contribution in [3.63, 3.8) is 0 Å². The van der Waals surface area contributed by atoms with Crippen LogP contribution in [0.3, 0.4) is 0 Å². The number of nitrogens with zero attached hydrogens (tertiary/aromatic N) is 1. The summed E-state index contributed by atoms with van der Waals surface area (Å²) < 4.78 is 44.7. The highest BCUT2D eigenvalue weighted by Crippen LogP contribution is 2.51. The zero-order valence-corrected chi connectivity index (χ0v) is 25.8. The van der Waals surface area contributed by atoms with Crippen molar-refractivity contribution < 1.29 is 47.5 Å². The van der Waals surface area contributed by atoms with Crippen molar-refractivity contribution in [1.29, 1.82) is 0 Å². The Kier molecular flexibility index (Phi) is 9.22. The van der Waals surface area contributed by atoms with Gasteiger partial charge in [-0.1, -0.05) is 0 Å². The molecule has 3 aliphatic rings. The van der Waals surface area contributed by atoms with Crippen molar-refractivity contribution in [2.75, 3.05) is 62.9 Å². The third kappa shape index (κ3) is 5.56. The SMILES string of the molecule is COC(=O)[C@@H]1[C@H]2C[C@H]3c4cc(OC)c(OC)cc4CCN3C[C@H]2C[C@H](OC(=O)c2cc(OC)c(OC)c(OC)c2)[C@@H]1OC. The van der Waals surface area contributed by atoms with Gasteiger partial charge in [-0.3, -0.25) is 9.69 Å². The molecule has 0 amide bonds. The lowest BCUT2D eigenvalue weighted by Crippen LogP contribution is -2.58. The topological polar surface area (TPSA) is 111 Å². The second-order valence-corrected chi connectivity index (χ2v) is 11.2. The average Bonchev–Trinajstić information content (AvgIpc) is 3.04. The van der Waals surface area contributed by atoms with Crippen LogP contribution in [0, 0.1) is 17.8 Å². The van der Waals surface area contributed by atoms with Crippen LogP contribution in [0.2, 0.25) is 0 Å². The summed E-state index contributed by atoms with van der Waals surface area (Å²) >= 11 is 0. The van der Waals surface area contributed by atoms with E-state index in [1.165, 1.54) is 39.6 Å². The van der Waals surface area contributed by atoms with Crippen LogP contribution in [-0.2, 0) is 25.4 Å². The number of esters is 2. The largest absolute Gasteiger partial charge is 0.493 e. The first-order valence-corrected chi connectivity index (χ1v) is 14.4. The molecule has 1 aliphatic carbocycles. The third-order valence-corrected chi connectivity index (χ3v) is 9.30. The zero-order chi connectivity index (χ0) is 30.8. The van der Waals surface area contributed by atoms with Gasteiger partial charge in [0.15, 0.2) is 23.0 Å². The van der Waals surface area contributed by atoms with E-state index in [2.05, 4.69) is 17.0 Å². The van der Waals surface area contributed by atoms with Crippen molar-refractivity contribution >= 4 is 11.9 Å². The average molecular weight is 600 g/mol. The van der Waals surface area contributed by atoms with Crippen LogP contribution < -0.4 is 23.7 Å². The standard InChI is InChI=1S/C32H41NO10/c1-36-23-10-17-8-9-33-16-19-13-27(43-31(34)18-11-25(38-3)29(40-5)26(12-18)39-4)30(41-6)28(32(35)42-7)21(19)14-22(33)20(17)15-24(23)37-2/h10-12,15,19,21-22,27-28,30H,8-9,13-14,16H2,1-7H3/t19-,21+,22+,27+,28-,30+/m1/s1. The highest BCUT2D eigenvalue weighted by molar-refractivity contribution is 5.91. The van der Waals surface area contributed by atoms with E-state index in [0.717, 1.165) is 25.9 Å². The molecule has 5 rings (SSSR count). The van der Waals surface area contributed by atoms with Gasteiger partial charge in [0.1, 0.15) is 12.2 Å². The summed E-state index contributed by atoms with van der Waals surface area (Å²) in [7, 11) is 10.7. The molecule has 1 saturated carbocycles. The van der Waals surface area contributed by atoms with Gasteiger partial charge in [0.2, 0.25) is 5.75 Å². The molecule has 2 fully saturated rings. The molecular weight excluding hydrogens is 558 g/mol. The summed E-state index contributed by atoms with van der Waals surface area (Å²) in [5.41, 5.74) is 2.65. The van der Waals surface area contributed by atoms with Crippen molar-refractivity contribution in [1.82, 2.24) is 4.90 Å². The zero-order valence-electron chi connectivity index (χ0n) is 25.8. The Bertz CT molecular complexity index is 1320. The summed E-state index contributed by atoms with van der Waals surface area (Å²) in [6.45, 7) is 1.63. The lowest BCUT2D eigenvalue weighted by atomic mass is 9.63. The van der Waals surface area contributed by atoms with Crippen molar-refractivity contribution in [3.05, 3.63) is 41.0 Å². The van der Waals surface area contributed by atoms with Crippen LogP contribution in [-0.4, -0.2) is 91.9 Å². The summed E-state index contributed by atoms with van der Waals surface area (Å²) in [6, 6.07) is 7.33. The van der Waals surface area contributed by atoms with Crippen LogP contribution >= 0.6 is 0 Å². The quantitative estimate of drug-likeness (QED) is 0.394. The van der Waals surface area contributed by atoms with Gasteiger partial charge in [-0.25, -0.2) is 4.79 Å². The van der Waals surface area contributed by atoms with Gasteiger partial charge < -0.3 is 37.9 Å². The fraction of sp³-hybridized carbons (Fsp3) is 0.562. The smallest absolute Gasteiger partial charge is 0.338 e. The van der Waals surface area contributed by atoms with Crippen LogP contribution in [0.25, 0.3) is 0 Å². The van der Waals surface area contributed by atoms with Gasteiger partial charge in [-0.2, -0.15) is 0 Å². The Morgan fingerprint density at radius 2 is 1.44 bits per heavy atom. The van der Waals surface area contributed by atoms with E-state index in [0.29, 0.717) is 35.2 Å². The van der Waals surface area contributed by atoms with E-state index >= 15 is 0 Å². The molecule has 234 valence electrons. The maximum Gasteiger partial charge on any atom is 0.338 e. The minimum absolute atomic E-state index is 0.0335. The lowest BCUT2D eigenvalue weighted by Gasteiger charge is -2.53. The summed E-state index contributed by atoms with van der Waals surface area (Å²) in [4.78, 5) is 29.4. The predicted octanol–water partition coefficient (Wildman–Crippen LogP) is 3.70. The Morgan fingerprint density at radius 3 is 2.02 bits per heavy atom. The Morgan fingerprint density at radius 1 is 0.791 bits per heavy atom. The van der Waals surface area contributed by atoms with Crippen molar-refractivity contribution in [2.24, 2.45) is 17.8 Å². The van der Waals surface area contributed by atoms with E-state index in [-0.39, 0.29) is 29.4 Å². The van der Waals surface area contributed by atoms with Gasteiger partial charge in [0, 0.05) is 26.2 Å². The Hall–Kier alpha value is -3.70. The molecule has 43 heavy (non-hydrogen) atoms. The Balaban J connectivity index is 1.44. The number of rotatable bonds is 9. The van der Waals surface area contributed by atoms with Crippen LogP contribution in [0.15, 0.2) is 24.3 Å². The van der Waals surface area contributed by atoms with Crippen LogP contribution in [0.4, 0.5) is 0 Å². The van der Waals surface area contributed by atoms with E-state index < -0.39 is 24.1 Å². The number of ether oxygens (including phenoxy) is 8. The van der Waals surface area contributed by atoms with Gasteiger partial charge in [0.25, 0.3) is 0 Å². The highest BCUT2D eigenvalue weighted by Gasteiger charge is 2.54. The van der Waals surface area contributed by atoms with Gasteiger partial charge in [0.05, 0.1) is 54.1 Å². The van der Waals surface area contributed by atoms with E-state index in [1.54, 1.807) is 33.5 Å². The maximum atomic E-state index is 13.5. The van der Waals surface area contributed by atoms with E-state index in [9.17, 15) is 9.59 Å². The molecule has 2 heterocycles. The lowest BCUT2D eigenvalue weighted by molar-refractivity contribution is -0.176. The number of piperidine rings is 1. The number of carbonyl (C=O) groups is 2. The number of fused-ring (bicyclic) bond motifs is 4. The summed E-state index contributed by atoms with van der Waals surface area (Å²) in [5.74, 6) is 0.953. The number of benzene rings is 2. The molecule has 6 atom stereocenters. The molecule has 2 aromatic carbocycles. The molecule has 0 spiro atoms. The molecule has 2 aromatic rings. The number of hydrogen-bond acceptors (Lipinski definition) is 11. The molecule has 11 heteroatoms. The predicted molar refractivity (Wildman–Crippen MR) is 155 cm³/mol. The van der Waals surface area contributed by atoms with Crippen LogP contribution in [0.5, 0.6) is 28.7 Å². The Labute approximate surface area is 252 Å². The molecule has 0 unspecified atom stereocenters. The fourth-order valence-corrected chi connectivity index (χ4v) is 7.32. The molecule has 2 aliphatic heterocycles.